The third-order valence-corrected chi connectivity index (χ3v) is 3.85. The Hall–Kier alpha value is -2.40. The van der Waals surface area contributed by atoms with Crippen LogP contribution in [0.3, 0.4) is 0 Å². The number of rotatable bonds is 5. The minimum Gasteiger partial charge on any atom is -0.376 e. The summed E-state index contributed by atoms with van der Waals surface area (Å²) < 4.78 is 5.50. The van der Waals surface area contributed by atoms with Crippen molar-refractivity contribution in [3.8, 4) is 0 Å². The van der Waals surface area contributed by atoms with Crippen molar-refractivity contribution in [3.63, 3.8) is 0 Å². The summed E-state index contributed by atoms with van der Waals surface area (Å²) in [5, 5.41) is 6.16. The average Bonchev–Trinajstić information content (AvgIpc) is 3.08. The molecule has 0 spiro atoms. The highest BCUT2D eigenvalue weighted by Crippen LogP contribution is 2.17. The molecule has 5 nitrogen and oxygen atoms in total. The summed E-state index contributed by atoms with van der Waals surface area (Å²) in [5.74, 6) is -0.173. The number of amides is 1. The van der Waals surface area contributed by atoms with E-state index in [0.29, 0.717) is 12.2 Å². The SMILES string of the molecule is Cc1ccc(Nc2ccnc(C(=O)NCC3CCCO3)c2)cc1. The van der Waals surface area contributed by atoms with Crippen LogP contribution in [0.4, 0.5) is 11.4 Å². The first kappa shape index (κ1) is 15.5. The Morgan fingerprint density at radius 2 is 2.09 bits per heavy atom. The number of nitrogens with one attached hydrogen (secondary N) is 2. The molecule has 1 amide bonds. The molecular weight excluding hydrogens is 290 g/mol. The zero-order valence-electron chi connectivity index (χ0n) is 13.2. The minimum absolute atomic E-state index is 0.132. The van der Waals surface area contributed by atoms with Crippen LogP contribution < -0.4 is 10.6 Å². The largest absolute Gasteiger partial charge is 0.376 e. The third kappa shape index (κ3) is 4.29. The van der Waals surface area contributed by atoms with Gasteiger partial charge in [0, 0.05) is 30.7 Å². The molecule has 0 saturated carbocycles. The second-order valence-corrected chi connectivity index (χ2v) is 5.77. The fourth-order valence-corrected chi connectivity index (χ4v) is 2.54. The molecule has 1 aliphatic heterocycles. The van der Waals surface area contributed by atoms with Gasteiger partial charge in [0.25, 0.3) is 5.91 Å². The van der Waals surface area contributed by atoms with Crippen molar-refractivity contribution >= 4 is 17.3 Å². The molecule has 0 radical (unpaired) electrons. The molecule has 2 aromatic rings. The highest BCUT2D eigenvalue weighted by Gasteiger charge is 2.17. The molecule has 0 bridgehead atoms. The molecule has 3 rings (SSSR count). The van der Waals surface area contributed by atoms with Crippen molar-refractivity contribution in [3.05, 3.63) is 53.9 Å². The van der Waals surface area contributed by atoms with Crippen molar-refractivity contribution in [1.82, 2.24) is 10.3 Å². The third-order valence-electron chi connectivity index (χ3n) is 3.85. The smallest absolute Gasteiger partial charge is 0.270 e. The zero-order valence-corrected chi connectivity index (χ0v) is 13.2. The van der Waals surface area contributed by atoms with E-state index in [1.54, 1.807) is 12.3 Å². The Labute approximate surface area is 136 Å². The zero-order chi connectivity index (χ0) is 16.1. The normalized spacial score (nSPS) is 17.0. The number of carbonyl (C=O) groups is 1. The maximum absolute atomic E-state index is 12.2. The van der Waals surface area contributed by atoms with Crippen LogP contribution in [0.1, 0.15) is 28.9 Å². The number of ether oxygens (including phenoxy) is 1. The van der Waals surface area contributed by atoms with Crippen molar-refractivity contribution in [2.24, 2.45) is 0 Å². The standard InChI is InChI=1S/C18H21N3O2/c1-13-4-6-14(7-5-13)21-15-8-9-19-17(11-15)18(22)20-12-16-3-2-10-23-16/h4-9,11,16H,2-3,10,12H2,1H3,(H,19,21)(H,20,22). The predicted molar refractivity (Wildman–Crippen MR) is 90.0 cm³/mol. The molecule has 2 heterocycles. The highest BCUT2D eigenvalue weighted by molar-refractivity contribution is 5.93. The van der Waals surface area contributed by atoms with Crippen molar-refractivity contribution in [1.29, 1.82) is 0 Å². The van der Waals surface area contributed by atoms with E-state index in [1.165, 1.54) is 5.56 Å². The maximum Gasteiger partial charge on any atom is 0.270 e. The average molecular weight is 311 g/mol. The van der Waals surface area contributed by atoms with E-state index in [0.717, 1.165) is 30.8 Å². The van der Waals surface area contributed by atoms with Gasteiger partial charge in [0.1, 0.15) is 5.69 Å². The van der Waals surface area contributed by atoms with Crippen LogP contribution in [0.2, 0.25) is 0 Å². The van der Waals surface area contributed by atoms with Gasteiger partial charge in [-0.15, -0.1) is 0 Å². The minimum atomic E-state index is -0.173. The second-order valence-electron chi connectivity index (χ2n) is 5.77. The van der Waals surface area contributed by atoms with Crippen molar-refractivity contribution in [2.45, 2.75) is 25.9 Å². The Bertz CT molecular complexity index is 664. The molecule has 2 N–H and O–H groups in total. The second kappa shape index (κ2) is 7.24. The van der Waals surface area contributed by atoms with Gasteiger partial charge in [0.2, 0.25) is 0 Å². The Balaban J connectivity index is 1.61. The molecular formula is C18H21N3O2. The number of hydrogen-bond donors (Lipinski definition) is 2. The van der Waals surface area contributed by atoms with E-state index in [4.69, 9.17) is 4.74 Å². The number of anilines is 2. The molecule has 1 aromatic carbocycles. The number of aromatic nitrogens is 1. The van der Waals surface area contributed by atoms with Gasteiger partial charge in [-0.1, -0.05) is 17.7 Å². The van der Waals surface area contributed by atoms with E-state index in [-0.39, 0.29) is 12.0 Å². The van der Waals surface area contributed by atoms with Crippen LogP contribution in [0.15, 0.2) is 42.6 Å². The van der Waals surface area contributed by atoms with E-state index >= 15 is 0 Å². The van der Waals surface area contributed by atoms with E-state index in [9.17, 15) is 4.79 Å². The van der Waals surface area contributed by atoms with E-state index < -0.39 is 0 Å². The molecule has 0 aliphatic carbocycles. The van der Waals surface area contributed by atoms with Gasteiger partial charge in [-0.2, -0.15) is 0 Å². The van der Waals surface area contributed by atoms with Crippen LogP contribution in [0.25, 0.3) is 0 Å². The molecule has 5 heteroatoms. The summed E-state index contributed by atoms with van der Waals surface area (Å²) in [6.07, 6.45) is 3.84. The molecule has 1 fully saturated rings. The number of carbonyl (C=O) groups excluding carboxylic acids is 1. The lowest BCUT2D eigenvalue weighted by Crippen LogP contribution is -2.32. The molecule has 1 aromatic heterocycles. The van der Waals surface area contributed by atoms with Crippen molar-refractivity contribution < 1.29 is 9.53 Å². The van der Waals surface area contributed by atoms with Crippen LogP contribution in [-0.2, 0) is 4.74 Å². The van der Waals surface area contributed by atoms with Gasteiger partial charge < -0.3 is 15.4 Å². The van der Waals surface area contributed by atoms with Gasteiger partial charge in [0.15, 0.2) is 0 Å². The fraction of sp³-hybridized carbons (Fsp3) is 0.333. The fourth-order valence-electron chi connectivity index (χ4n) is 2.54. The van der Waals surface area contributed by atoms with Crippen molar-refractivity contribution in [2.75, 3.05) is 18.5 Å². The summed E-state index contributed by atoms with van der Waals surface area (Å²) >= 11 is 0. The lowest BCUT2D eigenvalue weighted by Gasteiger charge is -2.11. The molecule has 23 heavy (non-hydrogen) atoms. The van der Waals surface area contributed by atoms with Crippen LogP contribution >= 0.6 is 0 Å². The number of hydrogen-bond acceptors (Lipinski definition) is 4. The summed E-state index contributed by atoms with van der Waals surface area (Å²) in [5.41, 5.74) is 3.43. The van der Waals surface area contributed by atoms with Gasteiger partial charge in [0.05, 0.1) is 6.10 Å². The monoisotopic (exact) mass is 311 g/mol. The maximum atomic E-state index is 12.2. The Morgan fingerprint density at radius 3 is 2.83 bits per heavy atom. The quantitative estimate of drug-likeness (QED) is 0.891. The summed E-state index contributed by atoms with van der Waals surface area (Å²) in [7, 11) is 0. The topological polar surface area (TPSA) is 63.2 Å². The van der Waals surface area contributed by atoms with E-state index in [2.05, 4.69) is 15.6 Å². The molecule has 1 aliphatic rings. The molecule has 1 saturated heterocycles. The molecule has 1 unspecified atom stereocenters. The molecule has 1 atom stereocenters. The highest BCUT2D eigenvalue weighted by atomic mass is 16.5. The number of nitrogens with zero attached hydrogens (tertiary/aromatic N) is 1. The first-order chi connectivity index (χ1) is 11.2. The lowest BCUT2D eigenvalue weighted by atomic mass is 10.2. The van der Waals surface area contributed by atoms with Crippen LogP contribution in [0, 0.1) is 6.92 Å². The van der Waals surface area contributed by atoms with Crippen LogP contribution in [-0.4, -0.2) is 30.1 Å². The summed E-state index contributed by atoms with van der Waals surface area (Å²) in [6, 6.07) is 11.7. The number of benzene rings is 1. The molecule has 120 valence electrons. The lowest BCUT2D eigenvalue weighted by molar-refractivity contribution is 0.0854. The Kier molecular flexibility index (Phi) is 4.88. The van der Waals surface area contributed by atoms with Gasteiger partial charge >= 0.3 is 0 Å². The van der Waals surface area contributed by atoms with Gasteiger partial charge in [-0.3, -0.25) is 9.78 Å². The van der Waals surface area contributed by atoms with Crippen LogP contribution in [0.5, 0.6) is 0 Å². The number of aryl methyl sites for hydroxylation is 1. The first-order valence-electron chi connectivity index (χ1n) is 7.90. The summed E-state index contributed by atoms with van der Waals surface area (Å²) in [4.78, 5) is 16.3. The predicted octanol–water partition coefficient (Wildman–Crippen LogP) is 3.04. The first-order valence-corrected chi connectivity index (χ1v) is 7.90. The summed E-state index contributed by atoms with van der Waals surface area (Å²) in [6.45, 7) is 3.37. The number of pyridine rings is 1. The van der Waals surface area contributed by atoms with E-state index in [1.807, 2.05) is 37.3 Å². The Morgan fingerprint density at radius 1 is 1.26 bits per heavy atom. The van der Waals surface area contributed by atoms with Gasteiger partial charge in [-0.05, 0) is 44.0 Å². The van der Waals surface area contributed by atoms with Gasteiger partial charge in [-0.25, -0.2) is 0 Å².